The van der Waals surface area contributed by atoms with Crippen molar-refractivity contribution in [2.75, 3.05) is 0 Å². The molecule has 0 saturated carbocycles. The Kier molecular flexibility index (Phi) is 12.0. The lowest BCUT2D eigenvalue weighted by atomic mass is 9.73. The van der Waals surface area contributed by atoms with E-state index >= 15 is 0 Å². The summed E-state index contributed by atoms with van der Waals surface area (Å²) in [7, 11) is 0. The molecule has 4 atom stereocenters. The zero-order valence-corrected chi connectivity index (χ0v) is 42.0. The molecule has 0 radical (unpaired) electrons. The number of hydrogen-bond donors (Lipinski definition) is 4. The first kappa shape index (κ1) is 46.7. The highest BCUT2D eigenvalue weighted by Crippen LogP contribution is 2.54. The third-order valence-corrected chi connectivity index (χ3v) is 16.5. The molecule has 12 aromatic rings. The first-order valence-electron chi connectivity index (χ1n) is 26.5. The highest BCUT2D eigenvalue weighted by Gasteiger charge is 2.34. The SMILES string of the molecule is Oc1c2cc3ccccc3c1-c1c(O)c(cc3ccccc13)C[C@@H](c1ccccc1)[C@H](c1ccccc1)Cc1cc3ccccc3c(c1O)-c1c(O)c(cc3ccccc13)C[C@@H](c1ccccc1)[C@H](c1ccccc1)C2. The Labute approximate surface area is 443 Å². The maximum absolute atomic E-state index is 13.3. The second kappa shape index (κ2) is 19.6. The van der Waals surface area contributed by atoms with Crippen LogP contribution in [0.1, 0.15) is 68.2 Å². The van der Waals surface area contributed by atoms with Gasteiger partial charge in [-0.15, -0.1) is 0 Å². The number of fused-ring (bicyclic) bond motifs is 18. The van der Waals surface area contributed by atoms with Crippen LogP contribution in [0.4, 0.5) is 0 Å². The fraction of sp³-hybridized carbons (Fsp3) is 0.111. The zero-order chi connectivity index (χ0) is 51.3. The molecule has 0 fully saturated rings. The monoisotopic (exact) mass is 984 g/mol. The lowest BCUT2D eigenvalue weighted by Crippen LogP contribution is -2.18. The number of hydrogen-bond acceptors (Lipinski definition) is 4. The summed E-state index contributed by atoms with van der Waals surface area (Å²) in [6.07, 6.45) is 1.76. The Hall–Kier alpha value is -9.12. The molecule has 0 aliphatic heterocycles. The fourth-order valence-corrected chi connectivity index (χ4v) is 12.9. The molecular formula is C72H56O4. The summed E-state index contributed by atoms with van der Waals surface area (Å²) in [6, 6.07) is 83.5. The van der Waals surface area contributed by atoms with E-state index in [4.69, 9.17) is 0 Å². The predicted molar refractivity (Wildman–Crippen MR) is 312 cm³/mol. The van der Waals surface area contributed by atoms with Crippen molar-refractivity contribution in [2.45, 2.75) is 49.4 Å². The van der Waals surface area contributed by atoms with E-state index in [0.717, 1.165) is 87.6 Å². The number of phenols is 4. The normalized spacial score (nSPS) is 16.9. The van der Waals surface area contributed by atoms with Crippen LogP contribution in [0, 0.1) is 0 Å². The van der Waals surface area contributed by atoms with E-state index in [2.05, 4.69) is 170 Å². The summed E-state index contributed by atoms with van der Waals surface area (Å²) in [5.41, 5.74) is 9.82. The second-order valence-corrected chi connectivity index (χ2v) is 20.8. The van der Waals surface area contributed by atoms with Gasteiger partial charge in [-0.05, 0) is 161 Å². The van der Waals surface area contributed by atoms with E-state index < -0.39 is 0 Å². The molecule has 4 heteroatoms. The number of rotatable bonds is 4. The van der Waals surface area contributed by atoms with Gasteiger partial charge >= 0.3 is 0 Å². The summed E-state index contributed by atoms with van der Waals surface area (Å²) >= 11 is 0. The van der Waals surface area contributed by atoms with E-state index in [0.29, 0.717) is 47.9 Å². The van der Waals surface area contributed by atoms with Gasteiger partial charge in [-0.3, -0.25) is 0 Å². The molecule has 368 valence electrons. The third kappa shape index (κ3) is 8.27. The Morgan fingerprint density at radius 2 is 0.408 bits per heavy atom. The first-order valence-corrected chi connectivity index (χ1v) is 26.5. The van der Waals surface area contributed by atoms with E-state index in [1.54, 1.807) is 0 Å². The first-order chi connectivity index (χ1) is 37.4. The van der Waals surface area contributed by atoms with Gasteiger partial charge < -0.3 is 20.4 Å². The van der Waals surface area contributed by atoms with Crippen LogP contribution in [0.3, 0.4) is 0 Å². The Morgan fingerprint density at radius 3 is 0.618 bits per heavy atom. The minimum absolute atomic E-state index is 0.136. The fourth-order valence-electron chi connectivity index (χ4n) is 12.9. The van der Waals surface area contributed by atoms with Crippen LogP contribution in [-0.4, -0.2) is 20.4 Å². The number of aromatic hydroxyl groups is 4. The van der Waals surface area contributed by atoms with Crippen LogP contribution in [-0.2, 0) is 25.7 Å². The Bertz CT molecular complexity index is 3580. The predicted octanol–water partition coefficient (Wildman–Crippen LogP) is 17.5. The van der Waals surface area contributed by atoms with Gasteiger partial charge in [0.1, 0.15) is 23.0 Å². The van der Waals surface area contributed by atoms with Crippen molar-refractivity contribution in [1.29, 1.82) is 0 Å². The number of phenolic OH excluding ortho intramolecular Hbond substituents is 4. The molecule has 0 amide bonds. The quantitative estimate of drug-likeness (QED) is 0.142. The summed E-state index contributed by atoms with van der Waals surface area (Å²) in [5, 5.41) is 60.6. The molecule has 0 saturated heterocycles. The zero-order valence-electron chi connectivity index (χ0n) is 42.0. The van der Waals surface area contributed by atoms with Crippen LogP contribution in [0.2, 0.25) is 0 Å². The molecule has 4 N–H and O–H groups in total. The summed E-state index contributed by atoms with van der Waals surface area (Å²) in [6.45, 7) is 0. The molecule has 4 nitrogen and oxygen atoms in total. The van der Waals surface area contributed by atoms with Gasteiger partial charge in [-0.1, -0.05) is 218 Å². The molecule has 0 unspecified atom stereocenters. The highest BCUT2D eigenvalue weighted by molar-refractivity contribution is 6.12. The minimum Gasteiger partial charge on any atom is -0.507 e. The molecule has 76 heavy (non-hydrogen) atoms. The molecule has 12 aromatic carbocycles. The van der Waals surface area contributed by atoms with Crippen LogP contribution in [0.5, 0.6) is 23.0 Å². The highest BCUT2D eigenvalue weighted by atomic mass is 16.3. The van der Waals surface area contributed by atoms with E-state index in [1.807, 2.05) is 72.8 Å². The average Bonchev–Trinajstić information content (AvgIpc) is 3.47. The van der Waals surface area contributed by atoms with Crippen LogP contribution < -0.4 is 0 Å². The average molecular weight is 985 g/mol. The van der Waals surface area contributed by atoms with Gasteiger partial charge in [0.25, 0.3) is 0 Å². The van der Waals surface area contributed by atoms with Gasteiger partial charge in [-0.25, -0.2) is 0 Å². The molecule has 0 heterocycles. The maximum atomic E-state index is 13.3. The third-order valence-electron chi connectivity index (χ3n) is 16.5. The maximum Gasteiger partial charge on any atom is 0.127 e. The Morgan fingerprint density at radius 1 is 0.224 bits per heavy atom. The van der Waals surface area contributed by atoms with Crippen LogP contribution >= 0.6 is 0 Å². The van der Waals surface area contributed by atoms with Crippen molar-refractivity contribution in [1.82, 2.24) is 0 Å². The lowest BCUT2D eigenvalue weighted by molar-refractivity contribution is 0.444. The van der Waals surface area contributed by atoms with Gasteiger partial charge in [0.2, 0.25) is 0 Å². The van der Waals surface area contributed by atoms with E-state index in [-0.39, 0.29) is 46.7 Å². The van der Waals surface area contributed by atoms with E-state index in [9.17, 15) is 20.4 Å². The molecule has 8 bridgehead atoms. The lowest BCUT2D eigenvalue weighted by Gasteiger charge is -2.31. The van der Waals surface area contributed by atoms with Crippen molar-refractivity contribution in [3.63, 3.8) is 0 Å². The van der Waals surface area contributed by atoms with Gasteiger partial charge in [0, 0.05) is 22.3 Å². The smallest absolute Gasteiger partial charge is 0.127 e. The van der Waals surface area contributed by atoms with Gasteiger partial charge in [0.15, 0.2) is 0 Å². The molecule has 0 spiro atoms. The minimum atomic E-state index is -0.209. The standard InChI is InChI=1S/C72H56O4/c73-69-53-37-49-29-13-17-33-57(49)65(69)66-59-35-19-15-31-51(59)39-55(71(66)75)43-63(47-25-9-3-10-26-47)64(48-27-11-4-12-28-48)44-56-40-52-32-16-20-36-60(52)68(72(56)76)67-58-34-18-14-30-50(58)38-54(70(67)74)42-62(46-23-7-2-8-24-46)61(41-53)45-21-5-1-6-22-45/h1-40,61-64,73-76H,41-44H2/t61-,62-,63-,64-/m0/s1. The number of benzene rings is 12. The molecule has 0 aromatic heterocycles. The topological polar surface area (TPSA) is 80.9 Å². The molecule has 1 aliphatic rings. The summed E-state index contributed by atoms with van der Waals surface area (Å²) in [5.74, 6) is -0.292. The van der Waals surface area contributed by atoms with Crippen molar-refractivity contribution in [3.8, 4) is 45.3 Å². The van der Waals surface area contributed by atoms with Gasteiger partial charge in [-0.2, -0.15) is 0 Å². The van der Waals surface area contributed by atoms with Crippen molar-refractivity contribution in [3.05, 3.63) is 287 Å². The van der Waals surface area contributed by atoms with Crippen LogP contribution in [0.25, 0.3) is 65.3 Å². The Balaban J connectivity index is 1.16. The molecule has 1 aliphatic carbocycles. The molecular weight excluding hydrogens is 929 g/mol. The van der Waals surface area contributed by atoms with Crippen molar-refractivity contribution < 1.29 is 20.4 Å². The molecule has 13 rings (SSSR count). The largest absolute Gasteiger partial charge is 0.507 e. The van der Waals surface area contributed by atoms with Crippen molar-refractivity contribution >= 4 is 43.1 Å². The van der Waals surface area contributed by atoms with Crippen LogP contribution in [0.15, 0.2) is 243 Å². The second-order valence-electron chi connectivity index (χ2n) is 20.8. The van der Waals surface area contributed by atoms with Gasteiger partial charge in [0.05, 0.1) is 0 Å². The summed E-state index contributed by atoms with van der Waals surface area (Å²) in [4.78, 5) is 0. The van der Waals surface area contributed by atoms with Crippen molar-refractivity contribution in [2.24, 2.45) is 0 Å². The summed E-state index contributed by atoms with van der Waals surface area (Å²) < 4.78 is 0. The van der Waals surface area contributed by atoms with E-state index in [1.165, 1.54) is 0 Å².